The van der Waals surface area contributed by atoms with E-state index in [4.69, 9.17) is 9.13 Å². The number of benzene rings is 1. The van der Waals surface area contributed by atoms with Gasteiger partial charge in [0.15, 0.2) is 0 Å². The van der Waals surface area contributed by atoms with Crippen LogP contribution in [0.2, 0.25) is 0 Å². The van der Waals surface area contributed by atoms with Crippen molar-refractivity contribution < 1.29 is 14.1 Å². The molecule has 0 bridgehead atoms. The molecule has 1 spiro atoms. The normalized spacial score (nSPS) is 20.7. The minimum atomic E-state index is -1.43. The molecule has 0 aromatic heterocycles. The molecule has 1 aromatic carbocycles. The Labute approximate surface area is 182 Å². The van der Waals surface area contributed by atoms with Crippen LogP contribution in [-0.4, -0.2) is 44.7 Å². The van der Waals surface area contributed by atoms with E-state index in [1.165, 1.54) is 0 Å². The monoisotopic (exact) mass is 429 g/mol. The molecule has 162 valence electrons. The molecule has 0 radical (unpaired) electrons. The molecule has 1 saturated heterocycles. The summed E-state index contributed by atoms with van der Waals surface area (Å²) in [4.78, 5) is 14.2. The molecular weight excluding hydrogens is 398 g/mol. The molecule has 1 heterocycles. The van der Waals surface area contributed by atoms with Crippen molar-refractivity contribution in [3.05, 3.63) is 34.9 Å². The first-order chi connectivity index (χ1) is 13.9. The van der Waals surface area contributed by atoms with Gasteiger partial charge in [-0.3, -0.25) is 0 Å². The molecule has 1 aromatic rings. The Bertz CT molecular complexity index is 898. The molecule has 1 fully saturated rings. The van der Waals surface area contributed by atoms with E-state index in [0.29, 0.717) is 31.5 Å². The first-order valence-corrected chi connectivity index (χ1v) is 11.5. The number of carbonyl (C=O) groups is 1. The second-order valence-corrected chi connectivity index (χ2v) is 12.1. The van der Waals surface area contributed by atoms with Gasteiger partial charge >= 0.3 is 6.09 Å². The summed E-state index contributed by atoms with van der Waals surface area (Å²) in [5.41, 5.74) is 2.41. The van der Waals surface area contributed by atoms with Crippen molar-refractivity contribution >= 4 is 23.2 Å². The highest BCUT2D eigenvalue weighted by Gasteiger charge is 2.49. The van der Waals surface area contributed by atoms with Crippen molar-refractivity contribution in [2.45, 2.75) is 71.2 Å². The number of hydrogen-bond acceptors (Lipinski definition) is 5. The Kier molecular flexibility index (Phi) is 5.96. The van der Waals surface area contributed by atoms with Crippen LogP contribution in [0.5, 0.6) is 0 Å². The van der Waals surface area contributed by atoms with Gasteiger partial charge in [-0.05, 0) is 72.4 Å². The minimum absolute atomic E-state index is 0.303. The standard InChI is InChI=1S/C23H31N3O3S/c1-21(2,3)29-20(27)26-12-10-23(11-13-26)14-16-8-7-9-17(15-24)18(16)19(23)25-30(28)22(4,5)6/h7-9H,10-14H2,1-6H3. The van der Waals surface area contributed by atoms with E-state index < -0.39 is 21.7 Å². The van der Waals surface area contributed by atoms with E-state index in [0.717, 1.165) is 23.3 Å². The van der Waals surface area contributed by atoms with E-state index >= 15 is 0 Å². The van der Waals surface area contributed by atoms with Crippen LogP contribution in [0.15, 0.2) is 22.6 Å². The largest absolute Gasteiger partial charge is 0.591 e. The molecule has 1 amide bonds. The third-order valence-electron chi connectivity index (χ3n) is 5.61. The van der Waals surface area contributed by atoms with Gasteiger partial charge in [0.25, 0.3) is 0 Å². The lowest BCUT2D eigenvalue weighted by Gasteiger charge is -2.39. The number of piperidine rings is 1. The second-order valence-electron chi connectivity index (χ2n) is 10.2. The molecule has 7 heteroatoms. The first kappa shape index (κ1) is 22.6. The molecule has 0 saturated carbocycles. The van der Waals surface area contributed by atoms with E-state index in [1.807, 2.05) is 53.7 Å². The third kappa shape index (κ3) is 4.50. The summed E-state index contributed by atoms with van der Waals surface area (Å²) in [7, 11) is 0. The van der Waals surface area contributed by atoms with Gasteiger partial charge in [-0.25, -0.2) is 4.79 Å². The van der Waals surface area contributed by atoms with Crippen LogP contribution in [0.3, 0.4) is 0 Å². The maximum atomic E-state index is 12.9. The molecule has 1 unspecified atom stereocenters. The Morgan fingerprint density at radius 3 is 2.40 bits per heavy atom. The van der Waals surface area contributed by atoms with Crippen LogP contribution in [0.1, 0.15) is 71.1 Å². The van der Waals surface area contributed by atoms with Gasteiger partial charge in [0, 0.05) is 24.1 Å². The van der Waals surface area contributed by atoms with Crippen molar-refractivity contribution in [2.24, 2.45) is 9.81 Å². The Morgan fingerprint density at radius 2 is 1.87 bits per heavy atom. The SMILES string of the molecule is CC(C)(C)OC(=O)N1CCC2(CC1)Cc1cccc(C#N)c1C2=N[S+]([O-])C(C)(C)C. The Hall–Kier alpha value is -2.04. The van der Waals surface area contributed by atoms with Gasteiger partial charge in [-0.2, -0.15) is 5.26 Å². The highest BCUT2D eigenvalue weighted by molar-refractivity contribution is 7.91. The predicted octanol–water partition coefficient (Wildman–Crippen LogP) is 4.38. The number of nitrogens with zero attached hydrogens (tertiary/aromatic N) is 3. The van der Waals surface area contributed by atoms with E-state index in [2.05, 4.69) is 6.07 Å². The zero-order chi connectivity index (χ0) is 22.3. The molecule has 1 atom stereocenters. The Morgan fingerprint density at radius 1 is 1.23 bits per heavy atom. The molecule has 3 rings (SSSR count). The zero-order valence-corrected chi connectivity index (χ0v) is 19.6. The fourth-order valence-electron chi connectivity index (χ4n) is 4.05. The second kappa shape index (κ2) is 7.90. The fourth-order valence-corrected chi connectivity index (χ4v) is 4.78. The zero-order valence-electron chi connectivity index (χ0n) is 18.7. The highest BCUT2D eigenvalue weighted by atomic mass is 32.2. The highest BCUT2D eigenvalue weighted by Crippen LogP contribution is 2.47. The summed E-state index contributed by atoms with van der Waals surface area (Å²) >= 11 is -1.43. The predicted molar refractivity (Wildman–Crippen MR) is 119 cm³/mol. The average Bonchev–Trinajstić information content (AvgIpc) is 2.93. The molecule has 6 nitrogen and oxygen atoms in total. The number of rotatable bonds is 1. The van der Waals surface area contributed by atoms with Crippen molar-refractivity contribution in [2.75, 3.05) is 13.1 Å². The van der Waals surface area contributed by atoms with Gasteiger partial charge in [-0.15, -0.1) is 0 Å². The van der Waals surface area contributed by atoms with Gasteiger partial charge in [0.05, 0.1) is 11.6 Å². The van der Waals surface area contributed by atoms with Crippen LogP contribution < -0.4 is 0 Å². The number of fused-ring (bicyclic) bond motifs is 1. The number of hydrogen-bond donors (Lipinski definition) is 0. The van der Waals surface area contributed by atoms with E-state index in [9.17, 15) is 14.6 Å². The van der Waals surface area contributed by atoms with E-state index in [1.54, 1.807) is 11.0 Å². The lowest BCUT2D eigenvalue weighted by atomic mass is 9.74. The summed E-state index contributed by atoms with van der Waals surface area (Å²) < 4.78 is 22.7. The van der Waals surface area contributed by atoms with Crippen molar-refractivity contribution in [3.8, 4) is 6.07 Å². The van der Waals surface area contributed by atoms with Crippen LogP contribution >= 0.6 is 0 Å². The van der Waals surface area contributed by atoms with Gasteiger partial charge in [0.1, 0.15) is 27.4 Å². The van der Waals surface area contributed by atoms with Gasteiger partial charge in [-0.1, -0.05) is 16.5 Å². The summed E-state index contributed by atoms with van der Waals surface area (Å²) in [5, 5.41) is 9.67. The summed E-state index contributed by atoms with van der Waals surface area (Å²) in [5.74, 6) is 0. The fraction of sp³-hybridized carbons (Fsp3) is 0.609. The molecule has 1 aliphatic heterocycles. The lowest BCUT2D eigenvalue weighted by molar-refractivity contribution is 0.0159. The number of carbonyl (C=O) groups excluding carboxylic acids is 1. The maximum absolute atomic E-state index is 12.9. The number of amides is 1. The van der Waals surface area contributed by atoms with Crippen LogP contribution in [-0.2, 0) is 22.5 Å². The number of ether oxygens (including phenoxy) is 1. The molecule has 0 N–H and O–H groups in total. The van der Waals surface area contributed by atoms with Crippen LogP contribution in [0, 0.1) is 16.7 Å². The van der Waals surface area contributed by atoms with Crippen molar-refractivity contribution in [1.29, 1.82) is 5.26 Å². The summed E-state index contributed by atoms with van der Waals surface area (Å²) in [6.07, 6.45) is 1.85. The van der Waals surface area contributed by atoms with Crippen LogP contribution in [0.25, 0.3) is 0 Å². The van der Waals surface area contributed by atoms with Crippen molar-refractivity contribution in [1.82, 2.24) is 4.90 Å². The quantitative estimate of drug-likeness (QED) is 0.620. The lowest BCUT2D eigenvalue weighted by Crippen LogP contribution is -2.47. The third-order valence-corrected chi connectivity index (χ3v) is 7.01. The van der Waals surface area contributed by atoms with Gasteiger partial charge < -0.3 is 14.2 Å². The molecule has 1 aliphatic carbocycles. The summed E-state index contributed by atoms with van der Waals surface area (Å²) in [6, 6.07) is 8.00. The van der Waals surface area contributed by atoms with E-state index in [-0.39, 0.29) is 11.5 Å². The van der Waals surface area contributed by atoms with Crippen LogP contribution in [0.4, 0.5) is 4.79 Å². The number of nitriles is 1. The smallest absolute Gasteiger partial charge is 0.410 e. The molecule has 30 heavy (non-hydrogen) atoms. The topological polar surface area (TPSA) is 88.8 Å². The Balaban J connectivity index is 1.94. The molecule has 2 aliphatic rings. The molecular formula is C23H31N3O3S. The minimum Gasteiger partial charge on any atom is -0.591 e. The number of likely N-dealkylation sites (tertiary alicyclic amines) is 1. The van der Waals surface area contributed by atoms with Crippen molar-refractivity contribution in [3.63, 3.8) is 0 Å². The average molecular weight is 430 g/mol. The van der Waals surface area contributed by atoms with Gasteiger partial charge in [0.2, 0.25) is 0 Å². The summed E-state index contributed by atoms with van der Waals surface area (Å²) in [6.45, 7) is 12.4. The maximum Gasteiger partial charge on any atom is 0.410 e. The first-order valence-electron chi connectivity index (χ1n) is 10.4.